The molecule has 2 fully saturated rings. The minimum Gasteiger partial charge on any atom is -0.395 e. The fraction of sp³-hybridized carbons (Fsp3) is 0.737. The van der Waals surface area contributed by atoms with Gasteiger partial charge in [-0.3, -0.25) is 14.7 Å². The Morgan fingerprint density at radius 3 is 2.73 bits per heavy atom. The molecule has 0 saturated carbocycles. The van der Waals surface area contributed by atoms with Crippen LogP contribution in [-0.2, 0) is 11.2 Å². The maximum atomic E-state index is 12.7. The number of carbonyl (C=O) groups is 2. The number of aromatic amines is 1. The van der Waals surface area contributed by atoms with Crippen molar-refractivity contribution in [2.24, 2.45) is 11.3 Å². The third-order valence-corrected chi connectivity index (χ3v) is 5.71. The second-order valence-corrected chi connectivity index (χ2v) is 8.21. The molecule has 1 aromatic heterocycles. The Bertz CT molecular complexity index is 647. The number of aliphatic hydroxyl groups is 1. The lowest BCUT2D eigenvalue weighted by Gasteiger charge is -2.47. The third-order valence-electron chi connectivity index (χ3n) is 5.71. The molecule has 0 radical (unpaired) electrons. The molecule has 0 aromatic carbocycles. The molecule has 0 aliphatic carbocycles. The highest BCUT2D eigenvalue weighted by Crippen LogP contribution is 2.40. The molecule has 2 amide bonds. The van der Waals surface area contributed by atoms with E-state index in [4.69, 9.17) is 5.11 Å². The number of rotatable bonds is 5. The van der Waals surface area contributed by atoms with Gasteiger partial charge in [-0.25, -0.2) is 0 Å². The van der Waals surface area contributed by atoms with Crippen LogP contribution in [-0.4, -0.2) is 69.7 Å². The highest BCUT2D eigenvalue weighted by Gasteiger charge is 2.41. The molecule has 2 saturated heterocycles. The van der Waals surface area contributed by atoms with E-state index in [-0.39, 0.29) is 23.8 Å². The second-order valence-electron chi connectivity index (χ2n) is 8.21. The summed E-state index contributed by atoms with van der Waals surface area (Å²) in [5.41, 5.74) is 1.59. The maximum absolute atomic E-state index is 12.7. The van der Waals surface area contributed by atoms with Gasteiger partial charge >= 0.3 is 0 Å². The van der Waals surface area contributed by atoms with E-state index in [9.17, 15) is 9.59 Å². The van der Waals surface area contributed by atoms with Crippen molar-refractivity contribution >= 4 is 11.8 Å². The number of aromatic nitrogens is 2. The number of likely N-dealkylation sites (tertiary alicyclic amines) is 2. The van der Waals surface area contributed by atoms with Gasteiger partial charge in [0.15, 0.2) is 0 Å². The van der Waals surface area contributed by atoms with Gasteiger partial charge in [0.05, 0.1) is 6.61 Å². The number of hydrogen-bond donors (Lipinski definition) is 2. The van der Waals surface area contributed by atoms with Gasteiger partial charge in [0.2, 0.25) is 5.91 Å². The zero-order chi connectivity index (χ0) is 18.7. The van der Waals surface area contributed by atoms with Crippen molar-refractivity contribution in [3.63, 3.8) is 0 Å². The number of hydrogen-bond acceptors (Lipinski definition) is 4. The Morgan fingerprint density at radius 1 is 1.35 bits per heavy atom. The van der Waals surface area contributed by atoms with Gasteiger partial charge in [0.1, 0.15) is 5.69 Å². The summed E-state index contributed by atoms with van der Waals surface area (Å²) < 4.78 is 0. The van der Waals surface area contributed by atoms with Crippen molar-refractivity contribution < 1.29 is 14.7 Å². The molecule has 2 N–H and O–H groups in total. The number of nitrogens with zero attached hydrogens (tertiary/aromatic N) is 3. The van der Waals surface area contributed by atoms with E-state index in [0.717, 1.165) is 31.4 Å². The largest absolute Gasteiger partial charge is 0.395 e. The number of nitrogens with one attached hydrogen (secondary N) is 1. The predicted molar refractivity (Wildman–Crippen MR) is 97.6 cm³/mol. The van der Waals surface area contributed by atoms with E-state index in [2.05, 4.69) is 24.0 Å². The SMILES string of the molecule is CC(C)Cc1cc(C(=O)N2CCC3(CCC(=O)N(CCO)C3)CC2)n[nH]1. The van der Waals surface area contributed by atoms with Crippen LogP contribution in [0.4, 0.5) is 0 Å². The van der Waals surface area contributed by atoms with E-state index >= 15 is 0 Å². The highest BCUT2D eigenvalue weighted by molar-refractivity contribution is 5.92. The molecule has 7 nitrogen and oxygen atoms in total. The van der Waals surface area contributed by atoms with E-state index in [0.29, 0.717) is 44.2 Å². The van der Waals surface area contributed by atoms with Crippen molar-refractivity contribution in [3.8, 4) is 0 Å². The Labute approximate surface area is 154 Å². The van der Waals surface area contributed by atoms with E-state index in [1.54, 1.807) is 4.90 Å². The third kappa shape index (κ3) is 4.09. The van der Waals surface area contributed by atoms with E-state index in [1.807, 2.05) is 11.0 Å². The monoisotopic (exact) mass is 362 g/mol. The van der Waals surface area contributed by atoms with Crippen LogP contribution in [0.2, 0.25) is 0 Å². The van der Waals surface area contributed by atoms with Crippen LogP contribution < -0.4 is 0 Å². The second kappa shape index (κ2) is 7.78. The van der Waals surface area contributed by atoms with Gasteiger partial charge in [0, 0.05) is 38.3 Å². The molecule has 3 rings (SSSR count). The summed E-state index contributed by atoms with van der Waals surface area (Å²) in [6.45, 7) is 6.80. The van der Waals surface area contributed by atoms with Crippen LogP contribution in [0, 0.1) is 11.3 Å². The van der Waals surface area contributed by atoms with Crippen molar-refractivity contribution in [1.82, 2.24) is 20.0 Å². The molecule has 0 atom stereocenters. The summed E-state index contributed by atoms with van der Waals surface area (Å²) >= 11 is 0. The fourth-order valence-electron chi connectivity index (χ4n) is 4.20. The van der Waals surface area contributed by atoms with Crippen LogP contribution in [0.25, 0.3) is 0 Å². The molecule has 7 heteroatoms. The fourth-order valence-corrected chi connectivity index (χ4v) is 4.20. The Morgan fingerprint density at radius 2 is 2.08 bits per heavy atom. The lowest BCUT2D eigenvalue weighted by atomic mass is 9.72. The molecule has 26 heavy (non-hydrogen) atoms. The maximum Gasteiger partial charge on any atom is 0.274 e. The normalized spacial score (nSPS) is 20.2. The first-order valence-corrected chi connectivity index (χ1v) is 9.65. The van der Waals surface area contributed by atoms with Gasteiger partial charge in [-0.15, -0.1) is 0 Å². The van der Waals surface area contributed by atoms with E-state index < -0.39 is 0 Å². The predicted octanol–water partition coefficient (Wildman–Crippen LogP) is 1.45. The lowest BCUT2D eigenvalue weighted by molar-refractivity contribution is -0.139. The summed E-state index contributed by atoms with van der Waals surface area (Å²) in [5, 5.41) is 16.3. The van der Waals surface area contributed by atoms with Crippen LogP contribution in [0.5, 0.6) is 0 Å². The Balaban J connectivity index is 1.58. The standard InChI is InChI=1S/C19H30N4O3/c1-14(2)11-15-12-16(21-20-15)18(26)22-7-5-19(6-8-22)4-3-17(25)23(13-19)9-10-24/h12,14,24H,3-11,13H2,1-2H3,(H,20,21). The van der Waals surface area contributed by atoms with Gasteiger partial charge < -0.3 is 14.9 Å². The van der Waals surface area contributed by atoms with Crippen molar-refractivity contribution in [2.45, 2.75) is 46.0 Å². The first-order chi connectivity index (χ1) is 12.4. The molecule has 144 valence electrons. The number of amides is 2. The lowest BCUT2D eigenvalue weighted by Crippen LogP contribution is -2.52. The molecule has 2 aliphatic rings. The quantitative estimate of drug-likeness (QED) is 0.829. The van der Waals surface area contributed by atoms with Gasteiger partial charge in [-0.1, -0.05) is 13.8 Å². The minimum atomic E-state index is -0.00907. The number of β-amino-alcohol motifs (C(OH)–C–C–N with tert-alkyl or cyclic N) is 1. The van der Waals surface area contributed by atoms with Crippen LogP contribution in [0.3, 0.4) is 0 Å². The summed E-state index contributed by atoms with van der Waals surface area (Å²) in [7, 11) is 0. The number of H-pyrrole nitrogens is 1. The Hall–Kier alpha value is -1.89. The van der Waals surface area contributed by atoms with Crippen LogP contribution in [0.1, 0.15) is 55.7 Å². The molecule has 0 unspecified atom stereocenters. The van der Waals surface area contributed by atoms with Crippen molar-refractivity contribution in [3.05, 3.63) is 17.5 Å². The average Bonchev–Trinajstić information content (AvgIpc) is 3.06. The smallest absolute Gasteiger partial charge is 0.274 e. The molecule has 0 bridgehead atoms. The van der Waals surface area contributed by atoms with Gasteiger partial charge in [0.25, 0.3) is 5.91 Å². The molecular formula is C19H30N4O3. The highest BCUT2D eigenvalue weighted by atomic mass is 16.3. The average molecular weight is 362 g/mol. The molecular weight excluding hydrogens is 332 g/mol. The first kappa shape index (κ1) is 18.9. The van der Waals surface area contributed by atoms with Crippen LogP contribution >= 0.6 is 0 Å². The van der Waals surface area contributed by atoms with Gasteiger partial charge in [-0.05, 0) is 43.1 Å². The topological polar surface area (TPSA) is 89.5 Å². The van der Waals surface area contributed by atoms with Crippen molar-refractivity contribution in [2.75, 3.05) is 32.8 Å². The zero-order valence-electron chi connectivity index (χ0n) is 15.8. The van der Waals surface area contributed by atoms with E-state index in [1.165, 1.54) is 0 Å². The minimum absolute atomic E-state index is 0.00427. The number of aliphatic hydroxyl groups excluding tert-OH is 1. The molecule has 1 aromatic rings. The molecule has 2 aliphatic heterocycles. The summed E-state index contributed by atoms with van der Waals surface area (Å²) in [5.74, 6) is 0.645. The number of piperidine rings is 2. The Kier molecular flexibility index (Phi) is 5.65. The molecule has 1 spiro atoms. The first-order valence-electron chi connectivity index (χ1n) is 9.65. The summed E-state index contributed by atoms with van der Waals surface area (Å²) in [6, 6.07) is 1.87. The number of carbonyl (C=O) groups excluding carboxylic acids is 2. The summed E-state index contributed by atoms with van der Waals surface area (Å²) in [4.78, 5) is 28.4. The van der Waals surface area contributed by atoms with Crippen LogP contribution in [0.15, 0.2) is 6.07 Å². The van der Waals surface area contributed by atoms with Gasteiger partial charge in [-0.2, -0.15) is 5.10 Å². The van der Waals surface area contributed by atoms with Crippen molar-refractivity contribution in [1.29, 1.82) is 0 Å². The molecule has 3 heterocycles. The summed E-state index contributed by atoms with van der Waals surface area (Å²) in [6.07, 6.45) is 4.12. The zero-order valence-corrected chi connectivity index (χ0v) is 15.8.